The van der Waals surface area contributed by atoms with Crippen molar-refractivity contribution < 1.29 is 17.9 Å². The Bertz CT molecular complexity index is 523. The number of alkyl halides is 3. The smallest absolute Gasteiger partial charge is 0.406 e. The summed E-state index contributed by atoms with van der Waals surface area (Å²) in [4.78, 5) is 4.14. The van der Waals surface area contributed by atoms with Crippen molar-refractivity contribution in [1.82, 2.24) is 4.98 Å². The van der Waals surface area contributed by atoms with E-state index in [9.17, 15) is 13.2 Å². The van der Waals surface area contributed by atoms with Gasteiger partial charge in [0.2, 0.25) is 0 Å². The van der Waals surface area contributed by atoms with Crippen LogP contribution in [-0.2, 0) is 0 Å². The third kappa shape index (κ3) is 3.46. The highest BCUT2D eigenvalue weighted by Gasteiger charge is 2.30. The Morgan fingerprint density at radius 1 is 1.00 bits per heavy atom. The van der Waals surface area contributed by atoms with Crippen LogP contribution in [0.15, 0.2) is 47.1 Å². The summed E-state index contributed by atoms with van der Waals surface area (Å²) in [5, 5.41) is 0. The van der Waals surface area contributed by atoms with Crippen LogP contribution in [0.1, 0.15) is 0 Å². The molecule has 1 heterocycles. The average Bonchev–Trinajstić information content (AvgIpc) is 2.29. The second kappa shape index (κ2) is 4.97. The van der Waals surface area contributed by atoms with Crippen LogP contribution in [-0.4, -0.2) is 11.3 Å². The number of nitrogens with zero attached hydrogens (tertiary/aromatic N) is 1. The maximum atomic E-state index is 12.0. The van der Waals surface area contributed by atoms with Gasteiger partial charge in [0.25, 0.3) is 0 Å². The zero-order chi connectivity index (χ0) is 13.2. The fourth-order valence-electron chi connectivity index (χ4n) is 1.37. The van der Waals surface area contributed by atoms with Crippen molar-refractivity contribution >= 4 is 15.9 Å². The van der Waals surface area contributed by atoms with Crippen LogP contribution >= 0.6 is 15.9 Å². The molecule has 6 heteroatoms. The molecule has 0 saturated carbocycles. The first-order valence-electron chi connectivity index (χ1n) is 4.92. The first kappa shape index (κ1) is 12.9. The zero-order valence-corrected chi connectivity index (χ0v) is 10.5. The maximum absolute atomic E-state index is 12.0. The lowest BCUT2D eigenvalue weighted by molar-refractivity contribution is -0.274. The molecular formula is C12H7BrF3NO. The van der Waals surface area contributed by atoms with E-state index in [0.29, 0.717) is 5.69 Å². The Hall–Kier alpha value is -1.56. The highest BCUT2D eigenvalue weighted by atomic mass is 79.9. The van der Waals surface area contributed by atoms with Crippen LogP contribution in [0.5, 0.6) is 5.75 Å². The Morgan fingerprint density at radius 3 is 2.17 bits per heavy atom. The normalized spacial score (nSPS) is 11.3. The monoisotopic (exact) mass is 317 g/mol. The molecule has 94 valence electrons. The lowest BCUT2D eigenvalue weighted by Crippen LogP contribution is -2.16. The van der Waals surface area contributed by atoms with Crippen molar-refractivity contribution in [2.24, 2.45) is 0 Å². The summed E-state index contributed by atoms with van der Waals surface area (Å²) in [6.45, 7) is 0. The predicted molar refractivity (Wildman–Crippen MR) is 64.1 cm³/mol. The molecule has 0 atom stereocenters. The van der Waals surface area contributed by atoms with Gasteiger partial charge < -0.3 is 4.74 Å². The largest absolute Gasteiger partial charge is 0.573 e. The summed E-state index contributed by atoms with van der Waals surface area (Å²) in [6, 6.07) is 9.14. The van der Waals surface area contributed by atoms with Gasteiger partial charge in [0.15, 0.2) is 0 Å². The summed E-state index contributed by atoms with van der Waals surface area (Å²) in [5.74, 6) is -0.247. The third-order valence-corrected chi connectivity index (χ3v) is 2.58. The van der Waals surface area contributed by atoms with Crippen molar-refractivity contribution in [2.75, 3.05) is 0 Å². The summed E-state index contributed by atoms with van der Waals surface area (Å²) < 4.78 is 40.5. The van der Waals surface area contributed by atoms with Gasteiger partial charge in [-0.2, -0.15) is 0 Å². The van der Waals surface area contributed by atoms with E-state index in [1.807, 2.05) is 6.07 Å². The molecule has 1 aromatic carbocycles. The molecule has 0 bridgehead atoms. The molecule has 0 fully saturated rings. The van der Waals surface area contributed by atoms with Crippen LogP contribution < -0.4 is 4.74 Å². The third-order valence-electron chi connectivity index (χ3n) is 2.11. The van der Waals surface area contributed by atoms with E-state index in [-0.39, 0.29) is 5.75 Å². The molecule has 0 aliphatic rings. The minimum Gasteiger partial charge on any atom is -0.406 e. The van der Waals surface area contributed by atoms with Gasteiger partial charge in [0, 0.05) is 16.2 Å². The first-order valence-corrected chi connectivity index (χ1v) is 5.71. The molecule has 2 rings (SSSR count). The quantitative estimate of drug-likeness (QED) is 0.818. The van der Waals surface area contributed by atoms with Crippen LogP contribution in [0.3, 0.4) is 0 Å². The van der Waals surface area contributed by atoms with Crippen molar-refractivity contribution in [3.63, 3.8) is 0 Å². The van der Waals surface area contributed by atoms with Gasteiger partial charge in [-0.1, -0.05) is 0 Å². The standard InChI is InChI=1S/C12H7BrF3NO/c13-9-3-6-11(17-7-9)8-1-4-10(5-2-8)18-12(14,15)16/h1-7H. The number of hydrogen-bond acceptors (Lipinski definition) is 2. The van der Waals surface area contributed by atoms with Crippen molar-refractivity contribution in [3.8, 4) is 17.0 Å². The first-order chi connectivity index (χ1) is 8.44. The lowest BCUT2D eigenvalue weighted by atomic mass is 10.1. The number of hydrogen-bond donors (Lipinski definition) is 0. The van der Waals surface area contributed by atoms with E-state index >= 15 is 0 Å². The van der Waals surface area contributed by atoms with E-state index in [1.54, 1.807) is 12.3 Å². The van der Waals surface area contributed by atoms with Gasteiger partial charge in [-0.15, -0.1) is 13.2 Å². The number of benzene rings is 1. The van der Waals surface area contributed by atoms with E-state index in [0.717, 1.165) is 10.0 Å². The Balaban J connectivity index is 2.20. The molecule has 0 radical (unpaired) electrons. The summed E-state index contributed by atoms with van der Waals surface area (Å²) in [5.41, 5.74) is 1.40. The molecule has 2 nitrogen and oxygen atoms in total. The zero-order valence-electron chi connectivity index (χ0n) is 8.91. The highest BCUT2D eigenvalue weighted by Crippen LogP contribution is 2.26. The Kier molecular flexibility index (Phi) is 3.56. The minimum absolute atomic E-state index is 0.247. The molecule has 0 saturated heterocycles. The van der Waals surface area contributed by atoms with Gasteiger partial charge in [-0.05, 0) is 52.3 Å². The summed E-state index contributed by atoms with van der Waals surface area (Å²) >= 11 is 3.26. The minimum atomic E-state index is -4.67. The number of aromatic nitrogens is 1. The molecule has 0 N–H and O–H groups in total. The molecule has 0 aliphatic heterocycles. The summed E-state index contributed by atoms with van der Waals surface area (Å²) in [7, 11) is 0. The van der Waals surface area contributed by atoms with Crippen LogP contribution in [0, 0.1) is 0 Å². The average molecular weight is 318 g/mol. The topological polar surface area (TPSA) is 22.1 Å². The number of pyridine rings is 1. The Morgan fingerprint density at radius 2 is 1.67 bits per heavy atom. The molecule has 1 aromatic heterocycles. The van der Waals surface area contributed by atoms with Gasteiger partial charge in [0.1, 0.15) is 5.75 Å². The van der Waals surface area contributed by atoms with Gasteiger partial charge in [-0.3, -0.25) is 4.98 Å². The molecule has 0 unspecified atom stereocenters. The second-order valence-electron chi connectivity index (χ2n) is 3.43. The van der Waals surface area contributed by atoms with Gasteiger partial charge >= 0.3 is 6.36 Å². The molecule has 2 aromatic rings. The van der Waals surface area contributed by atoms with Crippen LogP contribution in [0.4, 0.5) is 13.2 Å². The lowest BCUT2D eigenvalue weighted by Gasteiger charge is -2.09. The van der Waals surface area contributed by atoms with Gasteiger partial charge in [-0.25, -0.2) is 0 Å². The van der Waals surface area contributed by atoms with E-state index < -0.39 is 6.36 Å². The number of rotatable bonds is 2. The number of halogens is 4. The molecular weight excluding hydrogens is 311 g/mol. The van der Waals surface area contributed by atoms with Crippen LogP contribution in [0.2, 0.25) is 0 Å². The van der Waals surface area contributed by atoms with Crippen molar-refractivity contribution in [1.29, 1.82) is 0 Å². The fraction of sp³-hybridized carbons (Fsp3) is 0.0833. The Labute approximate surface area is 110 Å². The molecule has 0 amide bonds. The molecule has 0 spiro atoms. The SMILES string of the molecule is FC(F)(F)Oc1ccc(-c2ccc(Br)cn2)cc1. The van der Waals surface area contributed by atoms with Crippen molar-refractivity contribution in [2.45, 2.75) is 6.36 Å². The number of ether oxygens (including phenoxy) is 1. The maximum Gasteiger partial charge on any atom is 0.573 e. The molecule has 18 heavy (non-hydrogen) atoms. The van der Waals surface area contributed by atoms with Gasteiger partial charge in [0.05, 0.1) is 5.69 Å². The summed E-state index contributed by atoms with van der Waals surface area (Å²) in [6.07, 6.45) is -3.05. The molecule has 0 aliphatic carbocycles. The highest BCUT2D eigenvalue weighted by molar-refractivity contribution is 9.10. The van der Waals surface area contributed by atoms with Crippen molar-refractivity contribution in [3.05, 3.63) is 47.1 Å². The fourth-order valence-corrected chi connectivity index (χ4v) is 1.61. The van der Waals surface area contributed by atoms with E-state index in [1.165, 1.54) is 24.3 Å². The van der Waals surface area contributed by atoms with Crippen LogP contribution in [0.25, 0.3) is 11.3 Å². The van der Waals surface area contributed by atoms with E-state index in [2.05, 4.69) is 25.7 Å². The van der Waals surface area contributed by atoms with E-state index in [4.69, 9.17) is 0 Å². The predicted octanol–water partition coefficient (Wildman–Crippen LogP) is 4.41. The second-order valence-corrected chi connectivity index (χ2v) is 4.35.